The quantitative estimate of drug-likeness (QED) is 0.394. The van der Waals surface area contributed by atoms with Gasteiger partial charge >= 0.3 is 0 Å². The van der Waals surface area contributed by atoms with Crippen LogP contribution in [0.5, 0.6) is 0 Å². The number of carbonyl (C=O) groups is 1. The highest BCUT2D eigenvalue weighted by molar-refractivity contribution is 6.06. The van der Waals surface area contributed by atoms with E-state index in [4.69, 9.17) is 4.98 Å². The van der Waals surface area contributed by atoms with Gasteiger partial charge in [0.1, 0.15) is 5.82 Å². The van der Waals surface area contributed by atoms with Crippen LogP contribution in [0.15, 0.2) is 103 Å². The molecule has 0 radical (unpaired) electrons. The molecule has 1 N–H and O–H groups in total. The van der Waals surface area contributed by atoms with Gasteiger partial charge in [-0.2, -0.15) is 0 Å². The molecular formula is C26H18FN3O. The van der Waals surface area contributed by atoms with Crippen LogP contribution in [0, 0.1) is 5.82 Å². The smallest absolute Gasteiger partial charge is 0.255 e. The summed E-state index contributed by atoms with van der Waals surface area (Å²) in [7, 11) is 0. The lowest BCUT2D eigenvalue weighted by Gasteiger charge is -2.06. The maximum absolute atomic E-state index is 13.1. The third-order valence-corrected chi connectivity index (χ3v) is 5.13. The van der Waals surface area contributed by atoms with Gasteiger partial charge in [-0.1, -0.05) is 54.6 Å². The molecule has 2 aromatic heterocycles. The van der Waals surface area contributed by atoms with E-state index in [2.05, 4.69) is 29.6 Å². The molecule has 31 heavy (non-hydrogen) atoms. The minimum Gasteiger partial charge on any atom is -0.319 e. The van der Waals surface area contributed by atoms with Crippen molar-refractivity contribution in [2.45, 2.75) is 0 Å². The largest absolute Gasteiger partial charge is 0.319 e. The molecule has 3 aromatic carbocycles. The average Bonchev–Trinajstić information content (AvgIpc) is 3.26. The highest BCUT2D eigenvalue weighted by atomic mass is 19.1. The number of pyridine rings is 1. The van der Waals surface area contributed by atoms with E-state index in [0.29, 0.717) is 16.9 Å². The van der Waals surface area contributed by atoms with Crippen LogP contribution in [0.2, 0.25) is 0 Å². The molecule has 0 fully saturated rings. The van der Waals surface area contributed by atoms with Crippen molar-refractivity contribution in [3.63, 3.8) is 0 Å². The molecule has 0 unspecified atom stereocenters. The fourth-order valence-corrected chi connectivity index (χ4v) is 3.51. The lowest BCUT2D eigenvalue weighted by molar-refractivity contribution is 0.102. The van der Waals surface area contributed by atoms with E-state index < -0.39 is 0 Å². The molecule has 0 saturated carbocycles. The van der Waals surface area contributed by atoms with Gasteiger partial charge in [0, 0.05) is 23.5 Å². The van der Waals surface area contributed by atoms with Gasteiger partial charge in [-0.05, 0) is 47.5 Å². The number of nitrogens with one attached hydrogen (secondary N) is 1. The van der Waals surface area contributed by atoms with Crippen molar-refractivity contribution in [1.82, 2.24) is 9.38 Å². The van der Waals surface area contributed by atoms with Crippen LogP contribution in [0.4, 0.5) is 10.1 Å². The number of hydrogen-bond donors (Lipinski definition) is 1. The summed E-state index contributed by atoms with van der Waals surface area (Å²) in [6.07, 6.45) is 3.82. The molecule has 0 bridgehead atoms. The fourth-order valence-electron chi connectivity index (χ4n) is 3.51. The number of halogens is 1. The van der Waals surface area contributed by atoms with E-state index in [1.807, 2.05) is 53.2 Å². The first-order valence-corrected chi connectivity index (χ1v) is 9.88. The lowest BCUT2D eigenvalue weighted by atomic mass is 10.0. The molecule has 150 valence electrons. The number of amides is 1. The Balaban J connectivity index is 1.44. The molecule has 0 aliphatic carbocycles. The van der Waals surface area contributed by atoms with Crippen LogP contribution in [-0.2, 0) is 0 Å². The first kappa shape index (κ1) is 18.8. The van der Waals surface area contributed by atoms with E-state index in [9.17, 15) is 9.18 Å². The summed E-state index contributed by atoms with van der Waals surface area (Å²) in [5.41, 5.74) is 5.70. The Morgan fingerprint density at radius 3 is 2.19 bits per heavy atom. The Labute approximate surface area is 178 Å². The zero-order valence-electron chi connectivity index (χ0n) is 16.5. The van der Waals surface area contributed by atoms with Gasteiger partial charge in [0.05, 0.1) is 11.4 Å². The van der Waals surface area contributed by atoms with Crippen LogP contribution in [0.25, 0.3) is 28.0 Å². The summed E-state index contributed by atoms with van der Waals surface area (Å²) in [4.78, 5) is 17.3. The summed E-state index contributed by atoms with van der Waals surface area (Å²) in [6.45, 7) is 0. The Hall–Kier alpha value is -4.25. The monoisotopic (exact) mass is 407 g/mol. The maximum atomic E-state index is 13.1. The van der Waals surface area contributed by atoms with Crippen molar-refractivity contribution < 1.29 is 9.18 Å². The summed E-state index contributed by atoms with van der Waals surface area (Å²) in [6, 6.07) is 27.5. The number of imidazole rings is 1. The molecule has 0 aliphatic rings. The molecular weight excluding hydrogens is 389 g/mol. The topological polar surface area (TPSA) is 46.4 Å². The van der Waals surface area contributed by atoms with Gasteiger partial charge < -0.3 is 9.72 Å². The van der Waals surface area contributed by atoms with Crippen LogP contribution in [0.3, 0.4) is 0 Å². The predicted molar refractivity (Wildman–Crippen MR) is 120 cm³/mol. The van der Waals surface area contributed by atoms with E-state index in [0.717, 1.165) is 22.4 Å². The van der Waals surface area contributed by atoms with Crippen molar-refractivity contribution in [3.05, 3.63) is 115 Å². The summed E-state index contributed by atoms with van der Waals surface area (Å²) >= 11 is 0. The SMILES string of the molecule is O=C(Nc1cccn2cc(-c3ccc(-c4ccccc4)cc3)nc12)c1ccc(F)cc1. The Morgan fingerprint density at radius 1 is 0.774 bits per heavy atom. The number of rotatable bonds is 4. The molecule has 5 heteroatoms. The second-order valence-electron chi connectivity index (χ2n) is 7.18. The molecule has 4 nitrogen and oxygen atoms in total. The third-order valence-electron chi connectivity index (χ3n) is 5.13. The summed E-state index contributed by atoms with van der Waals surface area (Å²) < 4.78 is 15.0. The Bertz CT molecular complexity index is 1360. The number of benzene rings is 3. The molecule has 5 aromatic rings. The number of anilines is 1. The van der Waals surface area contributed by atoms with Crippen molar-refractivity contribution in [2.24, 2.45) is 0 Å². The standard InChI is InChI=1S/C26H18FN3O/c27-22-14-12-21(13-15-22)26(31)29-23-7-4-16-30-17-24(28-25(23)30)20-10-8-19(9-11-20)18-5-2-1-3-6-18/h1-17H,(H,29,31). The molecule has 0 atom stereocenters. The van der Waals surface area contributed by atoms with E-state index in [1.165, 1.54) is 24.3 Å². The molecule has 1 amide bonds. The van der Waals surface area contributed by atoms with Crippen molar-refractivity contribution in [1.29, 1.82) is 0 Å². The number of nitrogens with zero attached hydrogens (tertiary/aromatic N) is 2. The normalized spacial score (nSPS) is 10.9. The molecule has 0 saturated heterocycles. The number of aromatic nitrogens is 2. The lowest BCUT2D eigenvalue weighted by Crippen LogP contribution is -2.12. The first-order valence-electron chi connectivity index (χ1n) is 9.88. The molecule has 0 spiro atoms. The van der Waals surface area contributed by atoms with E-state index >= 15 is 0 Å². The van der Waals surface area contributed by atoms with Gasteiger partial charge in [0.2, 0.25) is 0 Å². The van der Waals surface area contributed by atoms with Crippen LogP contribution in [0.1, 0.15) is 10.4 Å². The van der Waals surface area contributed by atoms with Crippen LogP contribution >= 0.6 is 0 Å². The number of carbonyl (C=O) groups excluding carboxylic acids is 1. The van der Waals surface area contributed by atoms with E-state index in [1.54, 1.807) is 6.07 Å². The Kier molecular flexibility index (Phi) is 4.77. The number of fused-ring (bicyclic) bond motifs is 1. The Morgan fingerprint density at radius 2 is 1.45 bits per heavy atom. The summed E-state index contributed by atoms with van der Waals surface area (Å²) in [5.74, 6) is -0.695. The van der Waals surface area contributed by atoms with Crippen molar-refractivity contribution >= 4 is 17.2 Å². The zero-order valence-corrected chi connectivity index (χ0v) is 16.5. The second kappa shape index (κ2) is 7.88. The van der Waals surface area contributed by atoms with Gasteiger partial charge in [0.15, 0.2) is 5.65 Å². The highest BCUT2D eigenvalue weighted by Crippen LogP contribution is 2.26. The fraction of sp³-hybridized carbons (Fsp3) is 0. The third kappa shape index (κ3) is 3.81. The molecule has 2 heterocycles. The minimum absolute atomic E-state index is 0.315. The second-order valence-corrected chi connectivity index (χ2v) is 7.18. The molecule has 0 aliphatic heterocycles. The van der Waals surface area contributed by atoms with Gasteiger partial charge in [-0.3, -0.25) is 4.79 Å². The summed E-state index contributed by atoms with van der Waals surface area (Å²) in [5, 5.41) is 2.87. The van der Waals surface area contributed by atoms with E-state index in [-0.39, 0.29) is 11.7 Å². The van der Waals surface area contributed by atoms with Gasteiger partial charge in [-0.25, -0.2) is 9.37 Å². The van der Waals surface area contributed by atoms with Gasteiger partial charge in [0.25, 0.3) is 5.91 Å². The van der Waals surface area contributed by atoms with Crippen molar-refractivity contribution in [3.8, 4) is 22.4 Å². The number of hydrogen-bond acceptors (Lipinski definition) is 2. The highest BCUT2D eigenvalue weighted by Gasteiger charge is 2.12. The van der Waals surface area contributed by atoms with Crippen LogP contribution < -0.4 is 5.32 Å². The van der Waals surface area contributed by atoms with Gasteiger partial charge in [-0.15, -0.1) is 0 Å². The zero-order chi connectivity index (χ0) is 21.2. The minimum atomic E-state index is -0.380. The van der Waals surface area contributed by atoms with Crippen molar-refractivity contribution in [2.75, 3.05) is 5.32 Å². The van der Waals surface area contributed by atoms with Crippen LogP contribution in [-0.4, -0.2) is 15.3 Å². The predicted octanol–water partition coefficient (Wildman–Crippen LogP) is 6.06. The molecule has 5 rings (SSSR count). The average molecular weight is 407 g/mol. The first-order chi connectivity index (χ1) is 15.2. The maximum Gasteiger partial charge on any atom is 0.255 e.